The van der Waals surface area contributed by atoms with Crippen LogP contribution in [0.15, 0.2) is 60.9 Å². The van der Waals surface area contributed by atoms with Crippen molar-refractivity contribution in [2.45, 2.75) is 76.9 Å². The lowest BCUT2D eigenvalue weighted by atomic mass is 10.0. The lowest BCUT2D eigenvalue weighted by Crippen LogP contribution is -2.52. The predicted octanol–water partition coefficient (Wildman–Crippen LogP) is 4.51. The van der Waals surface area contributed by atoms with Gasteiger partial charge in [0.25, 0.3) is 0 Å². The van der Waals surface area contributed by atoms with Gasteiger partial charge in [-0.15, -0.1) is 0 Å². The molecule has 4 atom stereocenters. The van der Waals surface area contributed by atoms with Crippen LogP contribution in [0.2, 0.25) is 0 Å². The Labute approximate surface area is 325 Å². The summed E-state index contributed by atoms with van der Waals surface area (Å²) in [5, 5.41) is 26.3. The highest BCUT2D eigenvalue weighted by molar-refractivity contribution is 5.87. The van der Waals surface area contributed by atoms with E-state index < -0.39 is 42.0 Å². The highest BCUT2D eigenvalue weighted by atomic mass is 16.5. The number of H-pyrrole nitrogens is 2. The van der Waals surface area contributed by atoms with E-state index in [1.807, 2.05) is 62.4 Å². The molecule has 2 aliphatic rings. The highest BCUT2D eigenvalue weighted by Crippen LogP contribution is 2.38. The largest absolute Gasteiger partial charge is 0.453 e. The molecular formula is C40H50N8O8. The number of ether oxygens (including phenoxy) is 2. The minimum atomic E-state index is -2.13. The molecule has 0 saturated carbocycles. The van der Waals surface area contributed by atoms with E-state index in [-0.39, 0.29) is 36.8 Å². The molecular weight excluding hydrogens is 720 g/mol. The molecule has 2 aromatic carbocycles. The van der Waals surface area contributed by atoms with Gasteiger partial charge in [-0.1, -0.05) is 76.2 Å². The van der Waals surface area contributed by atoms with Gasteiger partial charge in [-0.25, -0.2) is 19.6 Å². The van der Waals surface area contributed by atoms with E-state index in [9.17, 15) is 29.4 Å². The Hall–Kier alpha value is -5.74. The number of methoxy groups -OCH3 is 2. The number of nitrogens with one attached hydrogen (secondary N) is 4. The minimum Gasteiger partial charge on any atom is -0.453 e. The average Bonchev–Trinajstić information content (AvgIpc) is 4.01. The van der Waals surface area contributed by atoms with Crippen LogP contribution in [0.25, 0.3) is 33.6 Å². The third-order valence-corrected chi connectivity index (χ3v) is 10.5. The summed E-state index contributed by atoms with van der Waals surface area (Å²) in [7, 11) is 2.49. The molecule has 6 rings (SSSR count). The van der Waals surface area contributed by atoms with Crippen molar-refractivity contribution in [1.29, 1.82) is 0 Å². The van der Waals surface area contributed by atoms with Gasteiger partial charge >= 0.3 is 12.2 Å². The van der Waals surface area contributed by atoms with E-state index in [0.717, 1.165) is 40.8 Å². The monoisotopic (exact) mass is 770 g/mol. The molecule has 0 radical (unpaired) electrons. The van der Waals surface area contributed by atoms with Crippen LogP contribution in [-0.4, -0.2) is 109 Å². The number of aromatic amines is 2. The van der Waals surface area contributed by atoms with Crippen LogP contribution in [-0.2, 0) is 19.1 Å². The van der Waals surface area contributed by atoms with Crippen LogP contribution in [0, 0.1) is 11.8 Å². The summed E-state index contributed by atoms with van der Waals surface area (Å²) in [6.07, 6.45) is 3.45. The first kappa shape index (κ1) is 39.9. The van der Waals surface area contributed by atoms with Crippen LogP contribution in [0.1, 0.15) is 70.7 Å². The molecule has 4 heterocycles. The van der Waals surface area contributed by atoms with Crippen LogP contribution in [0.5, 0.6) is 0 Å². The van der Waals surface area contributed by atoms with Crippen LogP contribution >= 0.6 is 0 Å². The van der Waals surface area contributed by atoms with Gasteiger partial charge in [-0.2, -0.15) is 0 Å². The summed E-state index contributed by atoms with van der Waals surface area (Å²) >= 11 is 0. The third kappa shape index (κ3) is 8.55. The summed E-state index contributed by atoms with van der Waals surface area (Å²) in [5.74, 6) is -2.08. The topological polar surface area (TPSA) is 215 Å². The SMILES string of the molecule is COC(=O)N[C@H](C(=O)N1CCCC1c1ncc(-c2ccc(-c3ccc(-c4cnc([C@@H]5CC(O)(O)CN5C(=O)[C@@H](NC(=O)OC)C(C)C)[nH]4)cc3)cc2)[nH]1)C(C)C. The molecule has 16 heteroatoms. The molecule has 0 bridgehead atoms. The summed E-state index contributed by atoms with van der Waals surface area (Å²) in [6.45, 7) is 7.56. The molecule has 2 aliphatic heterocycles. The molecule has 0 spiro atoms. The van der Waals surface area contributed by atoms with Crippen molar-refractivity contribution in [2.24, 2.45) is 11.8 Å². The zero-order chi connectivity index (χ0) is 40.3. The van der Waals surface area contributed by atoms with E-state index >= 15 is 0 Å². The number of amides is 4. The molecule has 6 N–H and O–H groups in total. The number of aromatic nitrogens is 4. The number of carbonyl (C=O) groups is 4. The molecule has 56 heavy (non-hydrogen) atoms. The Morgan fingerprint density at radius 3 is 1.59 bits per heavy atom. The molecule has 16 nitrogen and oxygen atoms in total. The number of rotatable bonds is 11. The fourth-order valence-corrected chi connectivity index (χ4v) is 7.40. The second kappa shape index (κ2) is 16.5. The maximum atomic E-state index is 13.6. The standard InChI is InChI=1S/C40H50N8O8/c1-22(2)32(45-38(51)55-5)36(49)47-17-7-8-30(47)34-41-19-28(43-34)26-13-9-24(10-14-26)25-11-15-27(16-12-25)29-20-42-35(44-29)31-18-40(53,54)21-48(31)37(50)33(23(3)4)46-39(52)56-6/h9-16,19-20,22-23,30-33,53-54H,7-8,17-18,21H2,1-6H3,(H,41,43)(H,42,44)(H,45,51)(H,46,52)/t30?,31-,32-,33-/m0/s1. The maximum Gasteiger partial charge on any atom is 0.407 e. The molecule has 4 amide bonds. The van der Waals surface area contributed by atoms with Gasteiger partial charge in [-0.05, 0) is 46.9 Å². The molecule has 4 aromatic rings. The second-order valence-electron chi connectivity index (χ2n) is 15.1. The fourth-order valence-electron chi connectivity index (χ4n) is 7.40. The number of benzene rings is 2. The van der Waals surface area contributed by atoms with Gasteiger partial charge in [-0.3, -0.25) is 9.59 Å². The lowest BCUT2D eigenvalue weighted by Gasteiger charge is -2.30. The lowest BCUT2D eigenvalue weighted by molar-refractivity contribution is -0.155. The van der Waals surface area contributed by atoms with E-state index in [1.54, 1.807) is 31.1 Å². The Morgan fingerprint density at radius 2 is 1.14 bits per heavy atom. The van der Waals surface area contributed by atoms with E-state index in [4.69, 9.17) is 9.47 Å². The molecule has 298 valence electrons. The van der Waals surface area contributed by atoms with Crippen LogP contribution in [0.4, 0.5) is 9.59 Å². The molecule has 0 aliphatic carbocycles. The van der Waals surface area contributed by atoms with Crippen LogP contribution < -0.4 is 10.6 Å². The zero-order valence-electron chi connectivity index (χ0n) is 32.4. The average molecular weight is 771 g/mol. The van der Waals surface area contributed by atoms with Gasteiger partial charge in [0, 0.05) is 13.0 Å². The van der Waals surface area contributed by atoms with Gasteiger partial charge in [0.15, 0.2) is 5.79 Å². The number of nitrogens with zero attached hydrogens (tertiary/aromatic N) is 4. The van der Waals surface area contributed by atoms with Crippen LogP contribution in [0.3, 0.4) is 0 Å². The summed E-state index contributed by atoms with van der Waals surface area (Å²) < 4.78 is 9.43. The number of imidazole rings is 2. The number of β-amino-alcohol motifs (C(OH)–C–C–N with tert-alkyl or cyclic N) is 2. The number of hydrogen-bond donors (Lipinski definition) is 6. The quantitative estimate of drug-likeness (QED) is 0.117. The van der Waals surface area contributed by atoms with Gasteiger partial charge in [0.2, 0.25) is 11.8 Å². The summed E-state index contributed by atoms with van der Waals surface area (Å²) in [5.41, 5.74) is 5.28. The van der Waals surface area contributed by atoms with Gasteiger partial charge < -0.3 is 50.1 Å². The number of alkyl carbamates (subject to hydrolysis) is 2. The first-order chi connectivity index (χ1) is 26.7. The Balaban J connectivity index is 1.13. The predicted molar refractivity (Wildman–Crippen MR) is 205 cm³/mol. The third-order valence-electron chi connectivity index (χ3n) is 10.5. The van der Waals surface area contributed by atoms with Crippen molar-refractivity contribution in [1.82, 2.24) is 40.4 Å². The molecule has 2 saturated heterocycles. The number of carbonyl (C=O) groups excluding carboxylic acids is 4. The van der Waals surface area contributed by atoms with Crippen molar-refractivity contribution in [3.8, 4) is 33.6 Å². The first-order valence-electron chi connectivity index (χ1n) is 18.7. The minimum absolute atomic E-state index is 0.121. The summed E-state index contributed by atoms with van der Waals surface area (Å²) in [6, 6.07) is 13.3. The summed E-state index contributed by atoms with van der Waals surface area (Å²) in [4.78, 5) is 69.9. The van der Waals surface area contributed by atoms with Crippen molar-refractivity contribution < 1.29 is 38.9 Å². The number of hydrogen-bond acceptors (Lipinski definition) is 10. The smallest absolute Gasteiger partial charge is 0.407 e. The Kier molecular flexibility index (Phi) is 11.8. The van der Waals surface area contributed by atoms with Crippen molar-refractivity contribution in [3.63, 3.8) is 0 Å². The normalized spacial score (nSPS) is 18.9. The fraction of sp³-hybridized carbons (Fsp3) is 0.450. The maximum absolute atomic E-state index is 13.6. The number of aliphatic hydroxyl groups is 2. The first-order valence-corrected chi connectivity index (χ1v) is 18.7. The van der Waals surface area contributed by atoms with E-state index in [0.29, 0.717) is 23.9 Å². The Morgan fingerprint density at radius 1 is 0.714 bits per heavy atom. The Bertz CT molecular complexity index is 2020. The van der Waals surface area contributed by atoms with Gasteiger partial charge in [0.05, 0.1) is 56.6 Å². The van der Waals surface area contributed by atoms with Gasteiger partial charge in [0.1, 0.15) is 23.7 Å². The van der Waals surface area contributed by atoms with E-state index in [2.05, 4.69) is 30.6 Å². The zero-order valence-corrected chi connectivity index (χ0v) is 32.4. The van der Waals surface area contributed by atoms with E-state index in [1.165, 1.54) is 19.1 Å². The van der Waals surface area contributed by atoms with Crippen molar-refractivity contribution in [3.05, 3.63) is 72.6 Å². The van der Waals surface area contributed by atoms with Crippen molar-refractivity contribution in [2.75, 3.05) is 27.3 Å². The molecule has 1 unspecified atom stereocenters. The molecule has 2 aromatic heterocycles. The number of likely N-dealkylation sites (tertiary alicyclic amines) is 2. The molecule has 2 fully saturated rings. The van der Waals surface area contributed by atoms with Crippen molar-refractivity contribution >= 4 is 24.0 Å². The second-order valence-corrected chi connectivity index (χ2v) is 15.1. The highest BCUT2D eigenvalue weighted by Gasteiger charge is 2.47.